The summed E-state index contributed by atoms with van der Waals surface area (Å²) in [5.74, 6) is 0. The minimum absolute atomic E-state index is 0.0152. The first-order valence-electron chi connectivity index (χ1n) is 12.1. The number of rotatable bonds is 1. The Hall–Kier alpha value is -3.71. The lowest BCUT2D eigenvalue weighted by molar-refractivity contribution is 0.660. The lowest BCUT2D eigenvalue weighted by atomic mass is 9.80. The van der Waals surface area contributed by atoms with Crippen LogP contribution in [0.25, 0.3) is 44.3 Å². The maximum atomic E-state index is 4.62. The lowest BCUT2D eigenvalue weighted by Gasteiger charge is -2.23. The molecule has 34 heavy (non-hydrogen) atoms. The Morgan fingerprint density at radius 3 is 1.82 bits per heavy atom. The molecular formula is C33H27N. The van der Waals surface area contributed by atoms with Gasteiger partial charge in [-0.2, -0.15) is 0 Å². The third kappa shape index (κ3) is 2.47. The van der Waals surface area contributed by atoms with E-state index in [1.807, 2.05) is 12.3 Å². The third-order valence-electron chi connectivity index (χ3n) is 8.32. The molecule has 7 rings (SSSR count). The first kappa shape index (κ1) is 19.7. The molecule has 0 unspecified atom stereocenters. The van der Waals surface area contributed by atoms with Gasteiger partial charge in [-0.25, -0.2) is 0 Å². The molecule has 0 saturated carbocycles. The number of benzene rings is 4. The molecule has 5 aromatic rings. The van der Waals surface area contributed by atoms with Gasteiger partial charge < -0.3 is 0 Å². The van der Waals surface area contributed by atoms with E-state index in [9.17, 15) is 0 Å². The number of hydrogen-bond donors (Lipinski definition) is 0. The van der Waals surface area contributed by atoms with Crippen LogP contribution in [-0.2, 0) is 10.8 Å². The second kappa shape index (κ2) is 6.45. The van der Waals surface area contributed by atoms with Gasteiger partial charge in [-0.05, 0) is 86.0 Å². The quantitative estimate of drug-likeness (QED) is 0.256. The Morgan fingerprint density at radius 2 is 1.09 bits per heavy atom. The van der Waals surface area contributed by atoms with Crippen molar-refractivity contribution in [3.63, 3.8) is 0 Å². The fourth-order valence-electron chi connectivity index (χ4n) is 6.36. The molecule has 0 N–H and O–H groups in total. The smallest absolute Gasteiger partial charge is 0.0705 e. The van der Waals surface area contributed by atoms with Crippen LogP contribution in [0.1, 0.15) is 49.9 Å². The van der Waals surface area contributed by atoms with E-state index in [1.54, 1.807) is 0 Å². The molecule has 1 aromatic heterocycles. The van der Waals surface area contributed by atoms with E-state index in [-0.39, 0.29) is 10.8 Å². The molecule has 0 aliphatic heterocycles. The van der Waals surface area contributed by atoms with Crippen LogP contribution in [0.3, 0.4) is 0 Å². The first-order chi connectivity index (χ1) is 16.4. The van der Waals surface area contributed by atoms with E-state index in [1.165, 1.54) is 61.0 Å². The van der Waals surface area contributed by atoms with Gasteiger partial charge in [0.15, 0.2) is 0 Å². The van der Waals surface area contributed by atoms with Crippen molar-refractivity contribution >= 4 is 10.9 Å². The summed E-state index contributed by atoms with van der Waals surface area (Å²) >= 11 is 0. The van der Waals surface area contributed by atoms with Crippen LogP contribution in [0.4, 0.5) is 0 Å². The Labute approximate surface area is 201 Å². The average Bonchev–Trinajstić information content (AvgIpc) is 3.22. The molecule has 4 aromatic carbocycles. The van der Waals surface area contributed by atoms with Crippen LogP contribution >= 0.6 is 0 Å². The summed E-state index contributed by atoms with van der Waals surface area (Å²) in [6, 6.07) is 31.7. The van der Waals surface area contributed by atoms with Gasteiger partial charge in [0.25, 0.3) is 0 Å². The van der Waals surface area contributed by atoms with Gasteiger partial charge in [-0.1, -0.05) is 82.3 Å². The summed E-state index contributed by atoms with van der Waals surface area (Å²) in [6.45, 7) is 9.39. The summed E-state index contributed by atoms with van der Waals surface area (Å²) < 4.78 is 0. The van der Waals surface area contributed by atoms with Gasteiger partial charge in [0.05, 0.1) is 5.52 Å². The predicted octanol–water partition coefficient (Wildman–Crippen LogP) is 8.51. The second-order valence-corrected chi connectivity index (χ2v) is 10.9. The van der Waals surface area contributed by atoms with E-state index < -0.39 is 0 Å². The highest BCUT2D eigenvalue weighted by atomic mass is 14.6. The monoisotopic (exact) mass is 437 g/mol. The molecule has 1 heterocycles. The van der Waals surface area contributed by atoms with Crippen LogP contribution in [0.5, 0.6) is 0 Å². The summed E-state index contributed by atoms with van der Waals surface area (Å²) in [5.41, 5.74) is 14.7. The zero-order valence-corrected chi connectivity index (χ0v) is 20.1. The van der Waals surface area contributed by atoms with Crippen molar-refractivity contribution in [1.82, 2.24) is 4.98 Å². The highest BCUT2D eigenvalue weighted by Crippen LogP contribution is 2.52. The van der Waals surface area contributed by atoms with Gasteiger partial charge in [0.1, 0.15) is 0 Å². The summed E-state index contributed by atoms with van der Waals surface area (Å²) in [5, 5.41) is 1.20. The third-order valence-corrected chi connectivity index (χ3v) is 8.32. The van der Waals surface area contributed by atoms with Crippen molar-refractivity contribution in [3.8, 4) is 33.4 Å². The fourth-order valence-corrected chi connectivity index (χ4v) is 6.36. The fraction of sp³-hybridized carbons (Fsp3) is 0.182. The molecule has 2 aliphatic carbocycles. The molecule has 2 aliphatic rings. The Kier molecular flexibility index (Phi) is 3.74. The van der Waals surface area contributed by atoms with Crippen molar-refractivity contribution in [2.75, 3.05) is 0 Å². The number of fused-ring (bicyclic) bond motifs is 7. The molecule has 1 nitrogen and oxygen atoms in total. The molecule has 164 valence electrons. The SMILES string of the molecule is CC1(C)c2ccccc2-c2ccc(-c3ccc4c(c3)C(C)(C)c3cc5ncccc5cc3-4)cc21. The van der Waals surface area contributed by atoms with Crippen molar-refractivity contribution < 1.29 is 0 Å². The minimum Gasteiger partial charge on any atom is -0.256 e. The van der Waals surface area contributed by atoms with E-state index in [4.69, 9.17) is 0 Å². The minimum atomic E-state index is -0.0569. The first-order valence-corrected chi connectivity index (χ1v) is 12.1. The molecule has 0 spiro atoms. The highest BCUT2D eigenvalue weighted by Gasteiger charge is 2.37. The van der Waals surface area contributed by atoms with Gasteiger partial charge in [0.2, 0.25) is 0 Å². The zero-order chi connectivity index (χ0) is 23.2. The molecule has 0 fully saturated rings. The van der Waals surface area contributed by atoms with Crippen molar-refractivity contribution in [3.05, 3.63) is 113 Å². The van der Waals surface area contributed by atoms with Gasteiger partial charge in [0, 0.05) is 22.4 Å². The molecule has 0 atom stereocenters. The Bertz CT molecular complexity index is 1650. The van der Waals surface area contributed by atoms with Gasteiger partial charge >= 0.3 is 0 Å². The molecule has 0 bridgehead atoms. The normalized spacial score (nSPS) is 16.1. The van der Waals surface area contributed by atoms with Gasteiger partial charge in [-0.15, -0.1) is 0 Å². The standard InChI is InChI=1S/C33H27N/c1-32(2)27-10-6-5-9-23(27)24-13-11-20(17-28(24)32)21-12-14-25-26-16-22-8-7-15-34-31(22)19-30(26)33(3,4)29(25)18-21/h5-19H,1-4H3. The summed E-state index contributed by atoms with van der Waals surface area (Å²) in [7, 11) is 0. The number of nitrogens with zero attached hydrogens (tertiary/aromatic N) is 1. The second-order valence-electron chi connectivity index (χ2n) is 10.9. The molecule has 0 saturated heterocycles. The maximum absolute atomic E-state index is 4.62. The molecular weight excluding hydrogens is 410 g/mol. The largest absolute Gasteiger partial charge is 0.256 e. The van der Waals surface area contributed by atoms with E-state index in [0.29, 0.717) is 0 Å². The summed E-state index contributed by atoms with van der Waals surface area (Å²) in [6.07, 6.45) is 1.88. The van der Waals surface area contributed by atoms with Crippen LogP contribution in [-0.4, -0.2) is 4.98 Å². The number of pyridine rings is 1. The Morgan fingerprint density at radius 1 is 0.500 bits per heavy atom. The molecule has 0 amide bonds. The van der Waals surface area contributed by atoms with Crippen LogP contribution in [0.15, 0.2) is 91.1 Å². The van der Waals surface area contributed by atoms with Crippen molar-refractivity contribution in [1.29, 1.82) is 0 Å². The summed E-state index contributed by atoms with van der Waals surface area (Å²) in [4.78, 5) is 4.62. The average molecular weight is 438 g/mol. The van der Waals surface area contributed by atoms with E-state index >= 15 is 0 Å². The topological polar surface area (TPSA) is 12.9 Å². The highest BCUT2D eigenvalue weighted by molar-refractivity contribution is 5.93. The van der Waals surface area contributed by atoms with Crippen LogP contribution in [0, 0.1) is 0 Å². The van der Waals surface area contributed by atoms with Crippen molar-refractivity contribution in [2.24, 2.45) is 0 Å². The van der Waals surface area contributed by atoms with Crippen LogP contribution < -0.4 is 0 Å². The Balaban J connectivity index is 1.38. The van der Waals surface area contributed by atoms with E-state index in [2.05, 4.69) is 112 Å². The number of hydrogen-bond acceptors (Lipinski definition) is 1. The maximum Gasteiger partial charge on any atom is 0.0705 e. The van der Waals surface area contributed by atoms with Crippen molar-refractivity contribution in [2.45, 2.75) is 38.5 Å². The molecule has 0 radical (unpaired) electrons. The zero-order valence-electron chi connectivity index (χ0n) is 20.1. The lowest BCUT2D eigenvalue weighted by Crippen LogP contribution is -2.15. The number of aromatic nitrogens is 1. The van der Waals surface area contributed by atoms with Gasteiger partial charge in [-0.3, -0.25) is 4.98 Å². The predicted molar refractivity (Wildman–Crippen MR) is 142 cm³/mol. The molecule has 1 heteroatoms. The van der Waals surface area contributed by atoms with E-state index in [0.717, 1.165) is 5.52 Å². The van der Waals surface area contributed by atoms with Crippen LogP contribution in [0.2, 0.25) is 0 Å².